The summed E-state index contributed by atoms with van der Waals surface area (Å²) in [5.74, 6) is -1.67. The van der Waals surface area contributed by atoms with Crippen molar-refractivity contribution < 1.29 is 24.2 Å². The summed E-state index contributed by atoms with van der Waals surface area (Å²) in [5.41, 5.74) is 3.39. The molecule has 2 aromatic carbocycles. The Balaban J connectivity index is 1.35. The van der Waals surface area contributed by atoms with E-state index in [9.17, 15) is 14.4 Å². The molecule has 32 heavy (non-hydrogen) atoms. The van der Waals surface area contributed by atoms with Gasteiger partial charge in [-0.05, 0) is 47.9 Å². The van der Waals surface area contributed by atoms with Gasteiger partial charge in [0.05, 0.1) is 5.92 Å². The zero-order valence-corrected chi connectivity index (χ0v) is 18.3. The minimum absolute atomic E-state index is 0.0491. The molecule has 0 aliphatic heterocycles. The smallest absolute Gasteiger partial charge is 0.408 e. The first kappa shape index (κ1) is 21.9. The number of fused-ring (bicyclic) bond motifs is 3. The highest BCUT2D eigenvalue weighted by Gasteiger charge is 2.44. The fourth-order valence-corrected chi connectivity index (χ4v) is 4.36. The number of hydrogen-bond donors (Lipinski definition) is 3. The van der Waals surface area contributed by atoms with Crippen LogP contribution in [-0.2, 0) is 14.3 Å². The van der Waals surface area contributed by atoms with Gasteiger partial charge in [0.2, 0.25) is 5.91 Å². The van der Waals surface area contributed by atoms with E-state index in [0.717, 1.165) is 22.3 Å². The van der Waals surface area contributed by atoms with Crippen molar-refractivity contribution in [3.63, 3.8) is 0 Å². The number of carbonyl (C=O) groups is 3. The number of nitrogens with one attached hydrogen (secondary N) is 2. The molecular formula is C25H28N2O5. The summed E-state index contributed by atoms with van der Waals surface area (Å²) in [6.07, 6.45) is 0.287. The number of carboxylic acids is 1. The number of amides is 2. The fraction of sp³-hybridized carbons (Fsp3) is 0.400. The van der Waals surface area contributed by atoms with Crippen LogP contribution in [0.1, 0.15) is 43.7 Å². The summed E-state index contributed by atoms with van der Waals surface area (Å²) in [5, 5.41) is 14.5. The van der Waals surface area contributed by atoms with E-state index in [1.54, 1.807) is 13.8 Å². The molecule has 3 unspecified atom stereocenters. The van der Waals surface area contributed by atoms with Crippen LogP contribution in [0.4, 0.5) is 4.79 Å². The summed E-state index contributed by atoms with van der Waals surface area (Å²) in [7, 11) is 0. The van der Waals surface area contributed by atoms with Crippen molar-refractivity contribution in [3.8, 4) is 11.1 Å². The molecule has 4 rings (SSSR count). The summed E-state index contributed by atoms with van der Waals surface area (Å²) in [6.45, 7) is 3.91. The zero-order chi connectivity index (χ0) is 22.9. The second-order valence-corrected chi connectivity index (χ2v) is 8.79. The van der Waals surface area contributed by atoms with E-state index in [2.05, 4.69) is 22.8 Å². The first-order valence-electron chi connectivity index (χ1n) is 11.0. The Hall–Kier alpha value is -3.35. The molecule has 0 bridgehead atoms. The molecule has 0 spiro atoms. The number of rotatable bonds is 8. The Morgan fingerprint density at radius 3 is 2.19 bits per heavy atom. The summed E-state index contributed by atoms with van der Waals surface area (Å²) < 4.78 is 5.57. The minimum atomic E-state index is -1.14. The van der Waals surface area contributed by atoms with Gasteiger partial charge in [-0.15, -0.1) is 0 Å². The molecule has 7 heteroatoms. The molecule has 0 aromatic heterocycles. The van der Waals surface area contributed by atoms with Crippen LogP contribution in [0.5, 0.6) is 0 Å². The van der Waals surface area contributed by atoms with Gasteiger partial charge in [-0.2, -0.15) is 0 Å². The average Bonchev–Trinajstić information content (AvgIpc) is 3.51. The molecule has 2 aliphatic carbocycles. The van der Waals surface area contributed by atoms with Crippen LogP contribution in [0.25, 0.3) is 11.1 Å². The largest absolute Gasteiger partial charge is 0.481 e. The molecule has 3 atom stereocenters. The maximum absolute atomic E-state index is 12.7. The SMILES string of the molecule is CCC(C)(NC(=O)OCC1c2ccccc2-c2ccccc21)C(=O)NCC1CC1C(=O)O. The molecule has 0 heterocycles. The summed E-state index contributed by atoms with van der Waals surface area (Å²) in [6, 6.07) is 16.2. The molecule has 0 radical (unpaired) electrons. The van der Waals surface area contributed by atoms with Crippen molar-refractivity contribution in [2.75, 3.05) is 13.2 Å². The van der Waals surface area contributed by atoms with Crippen molar-refractivity contribution >= 4 is 18.0 Å². The zero-order valence-electron chi connectivity index (χ0n) is 18.3. The normalized spacial score (nSPS) is 20.4. The lowest BCUT2D eigenvalue weighted by Crippen LogP contribution is -2.57. The topological polar surface area (TPSA) is 105 Å². The molecule has 1 saturated carbocycles. The van der Waals surface area contributed by atoms with Gasteiger partial charge < -0.3 is 20.5 Å². The van der Waals surface area contributed by atoms with Crippen molar-refractivity contribution in [2.24, 2.45) is 11.8 Å². The van der Waals surface area contributed by atoms with E-state index < -0.39 is 23.5 Å². The molecule has 2 aliphatic rings. The minimum Gasteiger partial charge on any atom is -0.481 e. The van der Waals surface area contributed by atoms with Gasteiger partial charge in [0.25, 0.3) is 0 Å². The van der Waals surface area contributed by atoms with Gasteiger partial charge in [0.1, 0.15) is 12.1 Å². The summed E-state index contributed by atoms with van der Waals surface area (Å²) >= 11 is 0. The van der Waals surface area contributed by atoms with Crippen LogP contribution in [0.2, 0.25) is 0 Å². The van der Waals surface area contributed by atoms with Crippen molar-refractivity contribution in [3.05, 3.63) is 59.7 Å². The number of alkyl carbamates (subject to hydrolysis) is 1. The van der Waals surface area contributed by atoms with Crippen LogP contribution >= 0.6 is 0 Å². The van der Waals surface area contributed by atoms with Gasteiger partial charge in [-0.3, -0.25) is 9.59 Å². The first-order chi connectivity index (χ1) is 15.3. The second-order valence-electron chi connectivity index (χ2n) is 8.79. The Morgan fingerprint density at radius 1 is 1.06 bits per heavy atom. The number of aliphatic carboxylic acids is 1. The van der Waals surface area contributed by atoms with Crippen LogP contribution in [0, 0.1) is 11.8 Å². The Labute approximate surface area is 187 Å². The maximum Gasteiger partial charge on any atom is 0.408 e. The van der Waals surface area contributed by atoms with Gasteiger partial charge in [-0.25, -0.2) is 4.79 Å². The molecule has 168 valence electrons. The van der Waals surface area contributed by atoms with E-state index in [4.69, 9.17) is 9.84 Å². The Morgan fingerprint density at radius 2 is 1.66 bits per heavy atom. The number of carboxylic acid groups (broad SMARTS) is 1. The highest BCUT2D eigenvalue weighted by molar-refractivity contribution is 5.89. The third kappa shape index (κ3) is 4.20. The predicted molar refractivity (Wildman–Crippen MR) is 119 cm³/mol. The number of hydrogen-bond acceptors (Lipinski definition) is 4. The van der Waals surface area contributed by atoms with E-state index in [0.29, 0.717) is 12.8 Å². The van der Waals surface area contributed by atoms with E-state index in [1.165, 1.54) is 0 Å². The van der Waals surface area contributed by atoms with Crippen LogP contribution in [0.3, 0.4) is 0 Å². The second kappa shape index (κ2) is 8.65. The van der Waals surface area contributed by atoms with Gasteiger partial charge in [0, 0.05) is 12.5 Å². The van der Waals surface area contributed by atoms with Crippen molar-refractivity contribution in [2.45, 2.75) is 38.1 Å². The Bertz CT molecular complexity index is 1010. The number of benzene rings is 2. The molecule has 2 aromatic rings. The fourth-order valence-electron chi connectivity index (χ4n) is 4.36. The van der Waals surface area contributed by atoms with Crippen LogP contribution in [0.15, 0.2) is 48.5 Å². The van der Waals surface area contributed by atoms with E-state index in [1.807, 2.05) is 36.4 Å². The highest BCUT2D eigenvalue weighted by atomic mass is 16.5. The molecule has 2 amide bonds. The van der Waals surface area contributed by atoms with Crippen molar-refractivity contribution in [1.82, 2.24) is 10.6 Å². The van der Waals surface area contributed by atoms with Gasteiger partial charge >= 0.3 is 12.1 Å². The highest BCUT2D eigenvalue weighted by Crippen LogP contribution is 2.44. The lowest BCUT2D eigenvalue weighted by atomic mass is 9.97. The monoisotopic (exact) mass is 436 g/mol. The quantitative estimate of drug-likeness (QED) is 0.587. The van der Waals surface area contributed by atoms with Crippen LogP contribution in [-0.4, -0.2) is 41.8 Å². The molecule has 0 saturated heterocycles. The molecule has 1 fully saturated rings. The lowest BCUT2D eigenvalue weighted by Gasteiger charge is -2.28. The van der Waals surface area contributed by atoms with Gasteiger partial charge in [0.15, 0.2) is 0 Å². The molecule has 7 nitrogen and oxygen atoms in total. The van der Waals surface area contributed by atoms with E-state index in [-0.39, 0.29) is 30.9 Å². The average molecular weight is 437 g/mol. The van der Waals surface area contributed by atoms with Crippen molar-refractivity contribution in [1.29, 1.82) is 0 Å². The number of ether oxygens (including phenoxy) is 1. The standard InChI is InChI=1S/C25H28N2O5/c1-3-25(2,23(30)26-13-15-12-20(15)22(28)29)27-24(31)32-14-21-18-10-6-4-8-16(18)17-9-5-7-11-19(17)21/h4-11,15,20-21H,3,12-14H2,1-2H3,(H,26,30)(H,27,31)(H,28,29). The van der Waals surface area contributed by atoms with E-state index >= 15 is 0 Å². The predicted octanol–water partition coefficient (Wildman–Crippen LogP) is 3.53. The van der Waals surface area contributed by atoms with Gasteiger partial charge in [-0.1, -0.05) is 55.5 Å². The lowest BCUT2D eigenvalue weighted by molar-refractivity contribution is -0.139. The third-order valence-electron chi connectivity index (χ3n) is 6.69. The number of carbonyl (C=O) groups excluding carboxylic acids is 2. The maximum atomic E-state index is 12.7. The van der Waals surface area contributed by atoms with Crippen LogP contribution < -0.4 is 10.6 Å². The molecular weight excluding hydrogens is 408 g/mol. The third-order valence-corrected chi connectivity index (χ3v) is 6.69. The Kier molecular flexibility index (Phi) is 5.91. The first-order valence-corrected chi connectivity index (χ1v) is 11.0. The summed E-state index contributed by atoms with van der Waals surface area (Å²) in [4.78, 5) is 36.3. The molecule has 3 N–H and O–H groups in total.